The van der Waals surface area contributed by atoms with Crippen LogP contribution in [-0.2, 0) is 6.54 Å². The van der Waals surface area contributed by atoms with E-state index in [1.165, 1.54) is 7.05 Å². The molecule has 0 unspecified atom stereocenters. The first-order chi connectivity index (χ1) is 4.79. The third-order valence-corrected chi connectivity index (χ3v) is 1.25. The van der Waals surface area contributed by atoms with Crippen molar-refractivity contribution in [1.29, 1.82) is 0 Å². The van der Waals surface area contributed by atoms with Crippen LogP contribution in [0.25, 0.3) is 0 Å². The summed E-state index contributed by atoms with van der Waals surface area (Å²) in [6, 6.07) is 9.68. The zero-order chi connectivity index (χ0) is 7.40. The van der Waals surface area contributed by atoms with Crippen LogP contribution in [0.4, 0.5) is 0 Å². The van der Waals surface area contributed by atoms with Gasteiger partial charge in [-0.2, -0.15) is 0 Å². The third-order valence-electron chi connectivity index (χ3n) is 1.25. The van der Waals surface area contributed by atoms with Gasteiger partial charge in [0.2, 0.25) is 6.54 Å². The summed E-state index contributed by atoms with van der Waals surface area (Å²) in [5.74, 6) is 0. The monoisotopic (exact) mass is 136 g/mol. The van der Waals surface area contributed by atoms with Crippen LogP contribution >= 0.6 is 0 Å². The van der Waals surface area contributed by atoms with Crippen molar-refractivity contribution >= 4 is 0 Å². The van der Waals surface area contributed by atoms with Gasteiger partial charge in [-0.15, -0.1) is 0 Å². The van der Waals surface area contributed by atoms with E-state index in [0.29, 0.717) is 6.54 Å². The van der Waals surface area contributed by atoms with E-state index >= 15 is 0 Å². The van der Waals surface area contributed by atoms with E-state index in [0.717, 1.165) is 10.3 Å². The maximum absolute atomic E-state index is 10.5. The fourth-order valence-electron chi connectivity index (χ4n) is 0.841. The molecule has 0 bridgehead atoms. The number of nitrogens with zero attached hydrogens (tertiary/aromatic N) is 1. The van der Waals surface area contributed by atoms with Crippen molar-refractivity contribution in [2.45, 2.75) is 6.54 Å². The van der Waals surface area contributed by atoms with E-state index in [9.17, 15) is 4.91 Å². The van der Waals surface area contributed by atoms with Crippen LogP contribution in [0, 0.1) is 4.91 Å². The fourth-order valence-corrected chi connectivity index (χ4v) is 0.841. The number of benzene rings is 1. The Kier molecular flexibility index (Phi) is 2.15. The van der Waals surface area contributed by atoms with Gasteiger partial charge in [-0.25, -0.2) is 0 Å². The van der Waals surface area contributed by atoms with Crippen LogP contribution in [0.5, 0.6) is 0 Å². The maximum atomic E-state index is 10.5. The Hall–Kier alpha value is -1.18. The van der Waals surface area contributed by atoms with Gasteiger partial charge in [0.05, 0.1) is 0 Å². The minimum atomic E-state index is 0.473. The highest BCUT2D eigenvalue weighted by Gasteiger charge is 1.98. The second kappa shape index (κ2) is 3.11. The average Bonchev–Trinajstić information content (AvgIpc) is 1.88. The van der Waals surface area contributed by atoms with E-state index in [1.54, 1.807) is 0 Å². The molecule has 1 aromatic carbocycles. The Morgan fingerprint density at radius 2 is 1.90 bits per heavy atom. The normalized spacial score (nSPS) is 9.30. The Morgan fingerprint density at radius 3 is 2.40 bits per heavy atom. The molecule has 0 aliphatic carbocycles. The maximum Gasteiger partial charge on any atom is 0.216 e. The third kappa shape index (κ3) is 1.97. The molecule has 10 heavy (non-hydrogen) atoms. The summed E-state index contributed by atoms with van der Waals surface area (Å²) in [4.78, 5) is 10.5. The fraction of sp³-hybridized carbons (Fsp3) is 0.250. The second-order valence-corrected chi connectivity index (χ2v) is 2.27. The Balaban J connectivity index is 2.67. The summed E-state index contributed by atoms with van der Waals surface area (Å²) in [5.41, 5.74) is 1.06. The highest BCUT2D eigenvalue weighted by molar-refractivity contribution is 5.13. The van der Waals surface area contributed by atoms with Gasteiger partial charge in [-0.05, 0) is 4.76 Å². The SMILES string of the molecule is C[N+](=O)Cc1ccccc1. The summed E-state index contributed by atoms with van der Waals surface area (Å²) in [6.45, 7) is 0.473. The van der Waals surface area contributed by atoms with Crippen LogP contribution in [0.2, 0.25) is 0 Å². The molecule has 0 saturated carbocycles. The van der Waals surface area contributed by atoms with Gasteiger partial charge in [-0.3, -0.25) is 0 Å². The Labute approximate surface area is 60.1 Å². The first-order valence-electron chi connectivity index (χ1n) is 3.21. The van der Waals surface area contributed by atoms with Crippen LogP contribution in [0.15, 0.2) is 30.3 Å². The molecule has 52 valence electrons. The molecule has 0 N–H and O–H groups in total. The lowest BCUT2D eigenvalue weighted by atomic mass is 10.2. The van der Waals surface area contributed by atoms with Crippen molar-refractivity contribution in [3.8, 4) is 0 Å². The predicted molar refractivity (Wildman–Crippen MR) is 39.7 cm³/mol. The van der Waals surface area contributed by atoms with E-state index in [2.05, 4.69) is 0 Å². The van der Waals surface area contributed by atoms with Crippen LogP contribution < -0.4 is 0 Å². The molecule has 0 heterocycles. The van der Waals surface area contributed by atoms with Gasteiger partial charge in [0.15, 0.2) is 7.05 Å². The summed E-state index contributed by atoms with van der Waals surface area (Å²) >= 11 is 0. The summed E-state index contributed by atoms with van der Waals surface area (Å²) in [6.07, 6.45) is 0. The lowest BCUT2D eigenvalue weighted by Crippen LogP contribution is -1.99. The average molecular weight is 136 g/mol. The van der Waals surface area contributed by atoms with E-state index in [1.807, 2.05) is 30.3 Å². The highest BCUT2D eigenvalue weighted by atomic mass is 16.3. The minimum absolute atomic E-state index is 0.473. The molecule has 0 aliphatic rings. The molecule has 0 amide bonds. The van der Waals surface area contributed by atoms with E-state index in [4.69, 9.17) is 0 Å². The van der Waals surface area contributed by atoms with Crippen LogP contribution in [0.1, 0.15) is 5.56 Å². The molecular weight excluding hydrogens is 126 g/mol. The van der Waals surface area contributed by atoms with Gasteiger partial charge in [0, 0.05) is 10.5 Å². The molecule has 1 aromatic rings. The molecule has 0 saturated heterocycles. The number of nitroso groups, excluding NO2 is 1. The highest BCUT2D eigenvalue weighted by Crippen LogP contribution is 1.98. The van der Waals surface area contributed by atoms with Gasteiger partial charge in [0.1, 0.15) is 0 Å². The molecule has 0 aromatic heterocycles. The minimum Gasteiger partial charge on any atom is -0.0622 e. The van der Waals surface area contributed by atoms with Gasteiger partial charge in [-0.1, -0.05) is 30.3 Å². The van der Waals surface area contributed by atoms with Gasteiger partial charge < -0.3 is 0 Å². The first kappa shape index (κ1) is 6.93. The Morgan fingerprint density at radius 1 is 1.30 bits per heavy atom. The molecule has 0 radical (unpaired) electrons. The quantitative estimate of drug-likeness (QED) is 0.565. The van der Waals surface area contributed by atoms with Crippen molar-refractivity contribution in [1.82, 2.24) is 0 Å². The summed E-state index contributed by atoms with van der Waals surface area (Å²) in [7, 11) is 1.52. The smallest absolute Gasteiger partial charge is 0.0622 e. The predicted octanol–water partition coefficient (Wildman–Crippen LogP) is 1.60. The van der Waals surface area contributed by atoms with E-state index in [-0.39, 0.29) is 0 Å². The van der Waals surface area contributed by atoms with Crippen molar-refractivity contribution in [3.05, 3.63) is 40.8 Å². The molecule has 0 aliphatic heterocycles. The van der Waals surface area contributed by atoms with Crippen molar-refractivity contribution in [2.24, 2.45) is 0 Å². The lowest BCUT2D eigenvalue weighted by Gasteiger charge is -1.88. The number of rotatable bonds is 2. The van der Waals surface area contributed by atoms with Crippen LogP contribution in [0.3, 0.4) is 0 Å². The zero-order valence-electron chi connectivity index (χ0n) is 5.95. The van der Waals surface area contributed by atoms with Crippen molar-refractivity contribution in [3.63, 3.8) is 0 Å². The van der Waals surface area contributed by atoms with Crippen LogP contribution in [-0.4, -0.2) is 11.8 Å². The lowest BCUT2D eigenvalue weighted by molar-refractivity contribution is -0.535. The Bertz CT molecular complexity index is 218. The molecular formula is C8H10NO+. The molecule has 2 nitrogen and oxygen atoms in total. The summed E-state index contributed by atoms with van der Waals surface area (Å²) < 4.78 is 0.912. The topological polar surface area (TPSA) is 20.1 Å². The molecule has 0 fully saturated rings. The molecule has 0 spiro atoms. The van der Waals surface area contributed by atoms with Gasteiger partial charge >= 0.3 is 0 Å². The number of hydrogen-bond acceptors (Lipinski definition) is 1. The number of hydrogen-bond donors (Lipinski definition) is 0. The standard InChI is InChI=1S/C8H10NO/c1-9(10)7-8-5-3-2-4-6-8/h2-6H,7H2,1H3/q+1. The van der Waals surface area contributed by atoms with E-state index < -0.39 is 0 Å². The van der Waals surface area contributed by atoms with Gasteiger partial charge in [0.25, 0.3) is 0 Å². The van der Waals surface area contributed by atoms with Crippen molar-refractivity contribution in [2.75, 3.05) is 7.05 Å². The van der Waals surface area contributed by atoms with Crippen molar-refractivity contribution < 1.29 is 4.76 Å². The first-order valence-corrected chi connectivity index (χ1v) is 3.21. The second-order valence-electron chi connectivity index (χ2n) is 2.27. The molecule has 1 rings (SSSR count). The zero-order valence-corrected chi connectivity index (χ0v) is 5.95. The molecule has 0 atom stereocenters. The summed E-state index contributed by atoms with van der Waals surface area (Å²) in [5, 5.41) is 0. The molecule has 2 heteroatoms. The largest absolute Gasteiger partial charge is 0.216 e.